The maximum Gasteiger partial charge on any atom is 0.373 e. The molecule has 0 aliphatic carbocycles. The van der Waals surface area contributed by atoms with Crippen LogP contribution in [0.2, 0.25) is 0 Å². The number of hydrogen-bond acceptors (Lipinski definition) is 3. The highest BCUT2D eigenvalue weighted by Gasteiger charge is 2.14. The summed E-state index contributed by atoms with van der Waals surface area (Å²) < 4.78 is 10.8. The van der Waals surface area contributed by atoms with Gasteiger partial charge in [-0.25, -0.2) is 4.79 Å². The second-order valence-electron chi connectivity index (χ2n) is 4.94. The summed E-state index contributed by atoms with van der Waals surface area (Å²) >= 11 is 0. The van der Waals surface area contributed by atoms with Crippen LogP contribution < -0.4 is 0 Å². The molecule has 0 fully saturated rings. The van der Waals surface area contributed by atoms with Crippen LogP contribution in [0.5, 0.6) is 0 Å². The number of ether oxygens (including phenoxy) is 2. The fourth-order valence-electron chi connectivity index (χ4n) is 1.62. The quantitative estimate of drug-likeness (QED) is 0.309. The minimum absolute atomic E-state index is 0.170. The van der Waals surface area contributed by atoms with Crippen LogP contribution in [-0.2, 0) is 14.3 Å². The van der Waals surface area contributed by atoms with E-state index in [1.165, 1.54) is 0 Å². The van der Waals surface area contributed by atoms with Gasteiger partial charge in [0.25, 0.3) is 0 Å². The van der Waals surface area contributed by atoms with Crippen molar-refractivity contribution in [2.24, 2.45) is 0 Å². The van der Waals surface area contributed by atoms with Crippen LogP contribution in [0.25, 0.3) is 6.08 Å². The number of carbonyl (C=O) groups excluding carboxylic acids is 1. The first kappa shape index (κ1) is 17.0. The summed E-state index contributed by atoms with van der Waals surface area (Å²) in [7, 11) is 0. The van der Waals surface area contributed by atoms with Gasteiger partial charge in [0.05, 0.1) is 6.10 Å². The number of unbranched alkanes of at least 4 members (excludes halogenated alkanes) is 1. The largest absolute Gasteiger partial charge is 0.482 e. The van der Waals surface area contributed by atoms with E-state index in [0.717, 1.165) is 18.4 Å². The zero-order valence-corrected chi connectivity index (χ0v) is 13.0. The Morgan fingerprint density at radius 3 is 2.52 bits per heavy atom. The van der Waals surface area contributed by atoms with Gasteiger partial charge in [0.1, 0.15) is 6.61 Å². The van der Waals surface area contributed by atoms with Gasteiger partial charge in [0.2, 0.25) is 5.76 Å². The highest BCUT2D eigenvalue weighted by Crippen LogP contribution is 2.11. The summed E-state index contributed by atoms with van der Waals surface area (Å²) in [4.78, 5) is 12.0. The van der Waals surface area contributed by atoms with Crippen LogP contribution in [0.4, 0.5) is 0 Å². The Morgan fingerprint density at radius 1 is 1.19 bits per heavy atom. The van der Waals surface area contributed by atoms with E-state index < -0.39 is 5.97 Å². The van der Waals surface area contributed by atoms with Crippen LogP contribution in [0.15, 0.2) is 48.2 Å². The van der Waals surface area contributed by atoms with Crippen molar-refractivity contribution in [3.05, 3.63) is 53.8 Å². The predicted molar refractivity (Wildman–Crippen MR) is 85.6 cm³/mol. The van der Waals surface area contributed by atoms with E-state index in [2.05, 4.69) is 6.92 Å². The molecule has 1 aromatic carbocycles. The molecule has 1 rings (SSSR count). The van der Waals surface area contributed by atoms with Crippen LogP contribution >= 0.6 is 0 Å². The van der Waals surface area contributed by atoms with Gasteiger partial charge < -0.3 is 9.47 Å². The SMILES string of the molecule is CCC/C=C\CO/C(=C\c1ccccc1)C(=O)OC(C)C. The molecule has 0 saturated carbocycles. The molecule has 0 aliphatic heterocycles. The third-order valence-corrected chi connectivity index (χ3v) is 2.60. The van der Waals surface area contributed by atoms with Crippen molar-refractivity contribution in [2.45, 2.75) is 39.7 Å². The smallest absolute Gasteiger partial charge is 0.373 e. The van der Waals surface area contributed by atoms with Gasteiger partial charge in [0.15, 0.2) is 0 Å². The highest BCUT2D eigenvalue weighted by molar-refractivity contribution is 5.91. The first-order chi connectivity index (χ1) is 10.1. The van der Waals surface area contributed by atoms with Crippen molar-refractivity contribution in [3.63, 3.8) is 0 Å². The summed E-state index contributed by atoms with van der Waals surface area (Å²) in [6.07, 6.45) is 7.61. The van der Waals surface area contributed by atoms with Gasteiger partial charge in [0, 0.05) is 0 Å². The van der Waals surface area contributed by atoms with Crippen molar-refractivity contribution < 1.29 is 14.3 Å². The minimum atomic E-state index is -0.433. The molecular weight excluding hydrogens is 264 g/mol. The summed E-state index contributed by atoms with van der Waals surface area (Å²) in [6, 6.07) is 9.59. The van der Waals surface area contributed by atoms with Crippen molar-refractivity contribution in [1.29, 1.82) is 0 Å². The molecule has 3 heteroatoms. The number of carbonyl (C=O) groups is 1. The molecule has 0 spiro atoms. The molecule has 0 aromatic heterocycles. The molecule has 3 nitrogen and oxygen atoms in total. The Hall–Kier alpha value is -2.03. The minimum Gasteiger partial charge on any atom is -0.482 e. The van der Waals surface area contributed by atoms with E-state index in [-0.39, 0.29) is 11.9 Å². The molecule has 0 N–H and O–H groups in total. The molecule has 0 heterocycles. The molecule has 0 radical (unpaired) electrons. The Labute approximate surface area is 127 Å². The molecule has 0 bridgehead atoms. The lowest BCUT2D eigenvalue weighted by Gasteiger charge is -2.11. The van der Waals surface area contributed by atoms with E-state index >= 15 is 0 Å². The maximum absolute atomic E-state index is 12.0. The van der Waals surface area contributed by atoms with E-state index in [4.69, 9.17) is 9.47 Å². The second kappa shape index (κ2) is 9.81. The van der Waals surface area contributed by atoms with E-state index in [9.17, 15) is 4.79 Å². The van der Waals surface area contributed by atoms with E-state index in [0.29, 0.717) is 6.61 Å². The standard InChI is InChI=1S/C18H24O3/c1-4-5-6-10-13-20-17(18(19)21-15(2)3)14-16-11-8-7-9-12-16/h6-12,14-15H,4-5,13H2,1-3H3/b10-6-,17-14-. The summed E-state index contributed by atoms with van der Waals surface area (Å²) in [6.45, 7) is 6.12. The van der Waals surface area contributed by atoms with Crippen molar-refractivity contribution >= 4 is 12.0 Å². The van der Waals surface area contributed by atoms with Gasteiger partial charge in [-0.05, 0) is 31.9 Å². The van der Waals surface area contributed by atoms with Crippen LogP contribution in [-0.4, -0.2) is 18.7 Å². The van der Waals surface area contributed by atoms with Crippen LogP contribution in [0, 0.1) is 0 Å². The second-order valence-corrected chi connectivity index (χ2v) is 4.94. The zero-order valence-electron chi connectivity index (χ0n) is 13.0. The molecule has 0 atom stereocenters. The van der Waals surface area contributed by atoms with Gasteiger partial charge >= 0.3 is 5.97 Å². The van der Waals surface area contributed by atoms with Crippen molar-refractivity contribution in [1.82, 2.24) is 0 Å². The maximum atomic E-state index is 12.0. The molecule has 0 unspecified atom stereocenters. The average Bonchev–Trinajstić information content (AvgIpc) is 2.46. The monoisotopic (exact) mass is 288 g/mol. The van der Waals surface area contributed by atoms with Gasteiger partial charge in [-0.15, -0.1) is 0 Å². The summed E-state index contributed by atoms with van der Waals surface area (Å²) in [5, 5.41) is 0. The summed E-state index contributed by atoms with van der Waals surface area (Å²) in [5.74, 6) is -0.200. The lowest BCUT2D eigenvalue weighted by molar-refractivity contribution is -0.146. The van der Waals surface area contributed by atoms with Crippen molar-refractivity contribution in [3.8, 4) is 0 Å². The van der Waals surface area contributed by atoms with E-state index in [1.54, 1.807) is 6.08 Å². The highest BCUT2D eigenvalue weighted by atomic mass is 16.6. The average molecular weight is 288 g/mol. The van der Waals surface area contributed by atoms with Gasteiger partial charge in [-0.2, -0.15) is 0 Å². The predicted octanol–water partition coefficient (Wildman–Crippen LogP) is 4.35. The molecule has 0 saturated heterocycles. The molecule has 0 amide bonds. The van der Waals surface area contributed by atoms with Crippen LogP contribution in [0.1, 0.15) is 39.2 Å². The van der Waals surface area contributed by atoms with Gasteiger partial charge in [-0.1, -0.05) is 55.8 Å². The molecule has 0 aliphatic rings. The molecule has 114 valence electrons. The zero-order chi connectivity index (χ0) is 15.5. The molecule has 1 aromatic rings. The first-order valence-electron chi connectivity index (χ1n) is 7.39. The Morgan fingerprint density at radius 2 is 1.90 bits per heavy atom. The topological polar surface area (TPSA) is 35.5 Å². The lowest BCUT2D eigenvalue weighted by atomic mass is 10.2. The fraction of sp³-hybridized carbons (Fsp3) is 0.389. The van der Waals surface area contributed by atoms with Crippen LogP contribution in [0.3, 0.4) is 0 Å². The number of hydrogen-bond donors (Lipinski definition) is 0. The normalized spacial score (nSPS) is 11.9. The van der Waals surface area contributed by atoms with Gasteiger partial charge in [-0.3, -0.25) is 0 Å². The lowest BCUT2D eigenvalue weighted by Crippen LogP contribution is -2.15. The molecule has 21 heavy (non-hydrogen) atoms. The number of rotatable bonds is 8. The summed E-state index contributed by atoms with van der Waals surface area (Å²) in [5.41, 5.74) is 0.908. The Balaban J connectivity index is 2.75. The van der Waals surface area contributed by atoms with Crippen molar-refractivity contribution in [2.75, 3.05) is 6.61 Å². The third-order valence-electron chi connectivity index (χ3n) is 2.60. The first-order valence-corrected chi connectivity index (χ1v) is 7.39. The third kappa shape index (κ3) is 7.35. The fourth-order valence-corrected chi connectivity index (χ4v) is 1.62. The number of allylic oxidation sites excluding steroid dienone is 1. The van der Waals surface area contributed by atoms with E-state index in [1.807, 2.05) is 56.3 Å². The number of benzene rings is 1. The Bertz CT molecular complexity index is 472. The molecular formula is C18H24O3. The number of esters is 1. The Kier molecular flexibility index (Phi) is 7.95.